The minimum atomic E-state index is -0.258. The number of carbonyl (C=O) groups is 2. The predicted molar refractivity (Wildman–Crippen MR) is 123 cm³/mol. The molecule has 0 fully saturated rings. The molecule has 1 aliphatic rings. The zero-order valence-corrected chi connectivity index (χ0v) is 19.3. The van der Waals surface area contributed by atoms with Gasteiger partial charge in [0.15, 0.2) is 16.6 Å². The fourth-order valence-corrected chi connectivity index (χ4v) is 4.35. The number of carbonyl (C=O) groups excluding carboxylic acids is 2. The number of amides is 2. The normalized spacial score (nSPS) is 13.4. The molecule has 2 heterocycles. The summed E-state index contributed by atoms with van der Waals surface area (Å²) in [6.07, 6.45) is 4.45. The van der Waals surface area contributed by atoms with Gasteiger partial charge >= 0.3 is 0 Å². The van der Waals surface area contributed by atoms with E-state index in [0.29, 0.717) is 55.1 Å². The first kappa shape index (κ1) is 22.8. The highest BCUT2D eigenvalue weighted by molar-refractivity contribution is 7.15. The van der Waals surface area contributed by atoms with Gasteiger partial charge in [-0.3, -0.25) is 14.9 Å². The molecule has 0 bridgehead atoms. The summed E-state index contributed by atoms with van der Waals surface area (Å²) in [6, 6.07) is 5.50. The number of fused-ring (bicyclic) bond motifs is 1. The average Bonchev–Trinajstić information content (AvgIpc) is 3.14. The van der Waals surface area contributed by atoms with Crippen molar-refractivity contribution < 1.29 is 19.1 Å². The fraction of sp³-hybridized carbons (Fsp3) is 0.435. The maximum atomic E-state index is 12.4. The van der Waals surface area contributed by atoms with Crippen LogP contribution in [0.4, 0.5) is 5.13 Å². The van der Waals surface area contributed by atoms with Crippen molar-refractivity contribution in [2.75, 3.05) is 25.6 Å². The standard InChI is InChI=1S/C23H29N3O4S/c1-5-30-18-8-6-16(13-19(18)29-4)7-9-21(27)25-23-24-17-10-11-26(14-20(17)31-23)22(28)12-15(2)3/h6-9,13,15H,5,10-12,14H2,1-4H3,(H,24,25,27)/b9-7+. The third kappa shape index (κ3) is 6.07. The van der Waals surface area contributed by atoms with Gasteiger partial charge in [-0.15, -0.1) is 0 Å². The number of hydrogen-bond donors (Lipinski definition) is 1. The van der Waals surface area contributed by atoms with Crippen LogP contribution in [0.5, 0.6) is 11.5 Å². The van der Waals surface area contributed by atoms with Crippen molar-refractivity contribution in [2.24, 2.45) is 5.92 Å². The highest BCUT2D eigenvalue weighted by atomic mass is 32.1. The molecule has 0 atom stereocenters. The van der Waals surface area contributed by atoms with Gasteiger partial charge in [-0.2, -0.15) is 0 Å². The van der Waals surface area contributed by atoms with Crippen molar-refractivity contribution in [3.8, 4) is 11.5 Å². The Balaban J connectivity index is 1.61. The lowest BCUT2D eigenvalue weighted by atomic mass is 10.1. The minimum Gasteiger partial charge on any atom is -0.493 e. The zero-order valence-electron chi connectivity index (χ0n) is 18.4. The summed E-state index contributed by atoms with van der Waals surface area (Å²) in [7, 11) is 1.58. The lowest BCUT2D eigenvalue weighted by molar-refractivity contribution is -0.132. The molecule has 0 aliphatic carbocycles. The van der Waals surface area contributed by atoms with Gasteiger partial charge in [-0.1, -0.05) is 31.3 Å². The van der Waals surface area contributed by atoms with Crippen LogP contribution in [0.25, 0.3) is 6.08 Å². The molecular weight excluding hydrogens is 414 g/mol. The van der Waals surface area contributed by atoms with Crippen LogP contribution in [-0.4, -0.2) is 42.0 Å². The molecule has 0 radical (unpaired) electrons. The van der Waals surface area contributed by atoms with Crippen molar-refractivity contribution in [1.29, 1.82) is 0 Å². The van der Waals surface area contributed by atoms with Gasteiger partial charge in [0.25, 0.3) is 0 Å². The van der Waals surface area contributed by atoms with Crippen molar-refractivity contribution >= 4 is 34.4 Å². The quantitative estimate of drug-likeness (QED) is 0.621. The molecule has 1 N–H and O–H groups in total. The number of thiazole rings is 1. The van der Waals surface area contributed by atoms with Gasteiger partial charge < -0.3 is 14.4 Å². The number of nitrogens with one attached hydrogen (secondary N) is 1. The molecule has 2 amide bonds. The van der Waals surface area contributed by atoms with Crippen LogP contribution >= 0.6 is 11.3 Å². The molecule has 8 heteroatoms. The maximum absolute atomic E-state index is 12.4. The number of anilines is 1. The number of benzene rings is 1. The van der Waals surface area contributed by atoms with Gasteiger partial charge in [-0.25, -0.2) is 4.98 Å². The van der Waals surface area contributed by atoms with Gasteiger partial charge in [0.2, 0.25) is 11.8 Å². The molecule has 0 saturated heterocycles. The van der Waals surface area contributed by atoms with Crippen molar-refractivity contribution in [2.45, 2.75) is 40.2 Å². The monoisotopic (exact) mass is 443 g/mol. The number of ether oxygens (including phenoxy) is 2. The molecular formula is C23H29N3O4S. The Hall–Kier alpha value is -2.87. The first-order valence-corrected chi connectivity index (χ1v) is 11.3. The highest BCUT2D eigenvalue weighted by Gasteiger charge is 2.24. The molecule has 1 aromatic heterocycles. The lowest BCUT2D eigenvalue weighted by Crippen LogP contribution is -2.36. The summed E-state index contributed by atoms with van der Waals surface area (Å²) in [5.41, 5.74) is 1.79. The SMILES string of the molecule is CCOc1ccc(/C=C/C(=O)Nc2nc3c(s2)CN(C(=O)CC(C)C)CC3)cc1OC. The van der Waals surface area contributed by atoms with Crippen LogP contribution in [0.2, 0.25) is 0 Å². The molecule has 3 rings (SSSR count). The van der Waals surface area contributed by atoms with Crippen LogP contribution in [0.3, 0.4) is 0 Å². The largest absolute Gasteiger partial charge is 0.493 e. The molecule has 0 saturated carbocycles. The molecule has 0 spiro atoms. The molecule has 2 aromatic rings. The minimum absolute atomic E-state index is 0.174. The van der Waals surface area contributed by atoms with E-state index in [4.69, 9.17) is 9.47 Å². The number of hydrogen-bond acceptors (Lipinski definition) is 6. The number of rotatable bonds is 8. The molecule has 7 nitrogen and oxygen atoms in total. The topological polar surface area (TPSA) is 80.8 Å². The Morgan fingerprint density at radius 3 is 2.84 bits per heavy atom. The van der Waals surface area contributed by atoms with E-state index in [-0.39, 0.29) is 11.8 Å². The first-order valence-electron chi connectivity index (χ1n) is 10.5. The summed E-state index contributed by atoms with van der Waals surface area (Å²) in [4.78, 5) is 32.2. The van der Waals surface area contributed by atoms with E-state index >= 15 is 0 Å². The van der Waals surface area contributed by atoms with Crippen molar-refractivity contribution in [1.82, 2.24) is 9.88 Å². The summed E-state index contributed by atoms with van der Waals surface area (Å²) in [5, 5.41) is 3.39. The number of aromatic nitrogens is 1. The van der Waals surface area contributed by atoms with Crippen molar-refractivity contribution in [3.63, 3.8) is 0 Å². The van der Waals surface area contributed by atoms with E-state index < -0.39 is 0 Å². The van der Waals surface area contributed by atoms with Crippen LogP contribution in [0.1, 0.15) is 43.3 Å². The smallest absolute Gasteiger partial charge is 0.250 e. The Morgan fingerprint density at radius 2 is 2.13 bits per heavy atom. The van der Waals surface area contributed by atoms with Gasteiger partial charge in [-0.05, 0) is 36.6 Å². The molecule has 31 heavy (non-hydrogen) atoms. The zero-order chi connectivity index (χ0) is 22.4. The van der Waals surface area contributed by atoms with Gasteiger partial charge in [0.05, 0.1) is 26.0 Å². The number of methoxy groups -OCH3 is 1. The second-order valence-corrected chi connectivity index (χ2v) is 8.80. The van der Waals surface area contributed by atoms with Crippen LogP contribution in [0, 0.1) is 5.92 Å². The summed E-state index contributed by atoms with van der Waals surface area (Å²) >= 11 is 1.43. The molecule has 0 unspecified atom stereocenters. The predicted octanol–water partition coefficient (Wildman–Crippen LogP) is 4.13. The van der Waals surface area contributed by atoms with Gasteiger partial charge in [0, 0.05) is 30.3 Å². The number of nitrogens with zero attached hydrogens (tertiary/aromatic N) is 2. The molecule has 166 valence electrons. The molecule has 1 aromatic carbocycles. The van der Waals surface area contributed by atoms with E-state index in [9.17, 15) is 9.59 Å². The summed E-state index contributed by atoms with van der Waals surface area (Å²) in [6.45, 7) is 7.80. The molecule has 1 aliphatic heterocycles. The highest BCUT2D eigenvalue weighted by Crippen LogP contribution is 2.30. The fourth-order valence-electron chi connectivity index (χ4n) is 3.32. The Kier molecular flexibility index (Phi) is 7.68. The van der Waals surface area contributed by atoms with Crippen molar-refractivity contribution in [3.05, 3.63) is 40.4 Å². The second kappa shape index (κ2) is 10.4. The van der Waals surface area contributed by atoms with Crippen LogP contribution in [0.15, 0.2) is 24.3 Å². The summed E-state index contributed by atoms with van der Waals surface area (Å²) in [5.74, 6) is 1.54. The first-order chi connectivity index (χ1) is 14.9. The summed E-state index contributed by atoms with van der Waals surface area (Å²) < 4.78 is 10.8. The Morgan fingerprint density at radius 1 is 1.32 bits per heavy atom. The van der Waals surface area contributed by atoms with Gasteiger partial charge in [0.1, 0.15) is 0 Å². The average molecular weight is 444 g/mol. The third-order valence-corrected chi connectivity index (χ3v) is 5.81. The van der Waals surface area contributed by atoms with Crippen LogP contribution < -0.4 is 14.8 Å². The van der Waals surface area contributed by atoms with E-state index in [1.165, 1.54) is 17.4 Å². The third-order valence-electron chi connectivity index (χ3n) is 4.81. The van der Waals surface area contributed by atoms with E-state index in [0.717, 1.165) is 16.1 Å². The maximum Gasteiger partial charge on any atom is 0.250 e. The van der Waals surface area contributed by atoms with E-state index in [2.05, 4.69) is 10.3 Å². The lowest BCUT2D eigenvalue weighted by Gasteiger charge is -2.26. The Labute approximate surface area is 187 Å². The van der Waals surface area contributed by atoms with Crippen LogP contribution in [-0.2, 0) is 22.6 Å². The van der Waals surface area contributed by atoms with E-state index in [1.54, 1.807) is 13.2 Å². The van der Waals surface area contributed by atoms with E-state index in [1.807, 2.05) is 43.9 Å². The second-order valence-electron chi connectivity index (χ2n) is 7.72. The Bertz CT molecular complexity index is 968.